The molecule has 0 atom stereocenters. The summed E-state index contributed by atoms with van der Waals surface area (Å²) in [7, 11) is 1.71. The zero-order valence-electron chi connectivity index (χ0n) is 20.3. The van der Waals surface area contributed by atoms with Crippen molar-refractivity contribution in [3.63, 3.8) is 0 Å². The van der Waals surface area contributed by atoms with Crippen LogP contribution in [0.2, 0.25) is 0 Å². The predicted molar refractivity (Wildman–Crippen MR) is 124 cm³/mol. The number of aliphatic carboxylic acids is 1. The average molecular weight is 474 g/mol. The van der Waals surface area contributed by atoms with Crippen LogP contribution in [-0.4, -0.2) is 37.6 Å². The molecule has 5 nitrogen and oxygen atoms in total. The Balaban J connectivity index is 0.00000306. The van der Waals surface area contributed by atoms with Gasteiger partial charge in [0, 0.05) is 37.1 Å². The summed E-state index contributed by atoms with van der Waals surface area (Å²) in [6, 6.07) is 12.7. The molecule has 0 amide bonds. The first-order valence-corrected chi connectivity index (χ1v) is 11.5. The number of carboxylic acid groups (broad SMARTS) is 1. The summed E-state index contributed by atoms with van der Waals surface area (Å²) in [5.41, 5.74) is 7.63. The van der Waals surface area contributed by atoms with Gasteiger partial charge in [-0.1, -0.05) is 37.1 Å². The monoisotopic (exact) mass is 473 g/mol. The summed E-state index contributed by atoms with van der Waals surface area (Å²) in [6.07, 6.45) is 4.14. The van der Waals surface area contributed by atoms with Gasteiger partial charge in [-0.25, -0.2) is 0 Å². The van der Waals surface area contributed by atoms with E-state index in [1.54, 1.807) is 7.11 Å². The fourth-order valence-electron chi connectivity index (χ4n) is 4.73. The van der Waals surface area contributed by atoms with Crippen molar-refractivity contribution < 1.29 is 70.8 Å². The van der Waals surface area contributed by atoms with Crippen LogP contribution in [0.15, 0.2) is 42.0 Å². The summed E-state index contributed by atoms with van der Waals surface area (Å²) < 4.78 is 11.7. The molecule has 0 N–H and O–H groups in total. The quantitative estimate of drug-likeness (QED) is 0.500. The van der Waals surface area contributed by atoms with Gasteiger partial charge in [-0.05, 0) is 66.6 Å². The Hall–Kier alpha value is -1.15. The summed E-state index contributed by atoms with van der Waals surface area (Å²) in [5, 5.41) is 10.9. The van der Waals surface area contributed by atoms with Crippen molar-refractivity contribution >= 4 is 11.5 Å². The number of aryl methyl sites for hydroxylation is 2. The number of carboxylic acids is 1. The van der Waals surface area contributed by atoms with Crippen LogP contribution in [0.5, 0.6) is 11.5 Å². The molecule has 0 spiro atoms. The Labute approximate surface area is 239 Å². The van der Waals surface area contributed by atoms with E-state index in [0.29, 0.717) is 19.7 Å². The van der Waals surface area contributed by atoms with Crippen molar-refractivity contribution in [2.45, 2.75) is 46.1 Å². The normalized spacial score (nSPS) is 16.0. The zero-order valence-corrected chi connectivity index (χ0v) is 23.4. The van der Waals surface area contributed by atoms with Gasteiger partial charge < -0.3 is 19.4 Å². The number of carbonyl (C=O) groups is 1. The number of benzene rings is 2. The molecule has 2 aromatic rings. The maximum Gasteiger partial charge on any atom is 1.00 e. The van der Waals surface area contributed by atoms with Gasteiger partial charge in [-0.3, -0.25) is 4.90 Å². The number of allylic oxidation sites excluding steroid dienone is 1. The van der Waals surface area contributed by atoms with Crippen LogP contribution in [-0.2, 0) is 24.2 Å². The van der Waals surface area contributed by atoms with Crippen LogP contribution < -0.4 is 66.0 Å². The van der Waals surface area contributed by atoms with Gasteiger partial charge in [0.2, 0.25) is 0 Å². The Morgan fingerprint density at radius 1 is 1.15 bits per heavy atom. The van der Waals surface area contributed by atoms with Crippen molar-refractivity contribution in [2.75, 3.05) is 26.7 Å². The third-order valence-corrected chi connectivity index (χ3v) is 6.70. The van der Waals surface area contributed by atoms with Crippen LogP contribution >= 0.6 is 0 Å². The van der Waals surface area contributed by atoms with Gasteiger partial charge in [0.1, 0.15) is 18.1 Å². The number of nitrogens with zero attached hydrogens (tertiary/aromatic N) is 1. The zero-order chi connectivity index (χ0) is 22.7. The number of likely N-dealkylation sites (tertiary alicyclic amines) is 1. The molecular formula is C27H32KNO4. The van der Waals surface area contributed by atoms with Crippen molar-refractivity contribution in [3.05, 3.63) is 64.2 Å². The molecule has 0 bridgehead atoms. The number of rotatable bonds is 9. The number of ether oxygens (including phenoxy) is 2. The van der Waals surface area contributed by atoms with Crippen molar-refractivity contribution in [3.8, 4) is 11.5 Å². The molecule has 1 aliphatic heterocycles. The maximum absolute atomic E-state index is 10.9. The van der Waals surface area contributed by atoms with Crippen LogP contribution in [0.25, 0.3) is 5.57 Å². The van der Waals surface area contributed by atoms with E-state index in [1.807, 2.05) is 6.07 Å². The van der Waals surface area contributed by atoms with Gasteiger partial charge in [0.25, 0.3) is 0 Å². The van der Waals surface area contributed by atoms with Crippen LogP contribution in [0, 0.1) is 5.92 Å². The summed E-state index contributed by atoms with van der Waals surface area (Å²) >= 11 is 0. The largest absolute Gasteiger partial charge is 1.00 e. The number of hydrogen-bond donors (Lipinski definition) is 0. The molecule has 6 heteroatoms. The van der Waals surface area contributed by atoms with Crippen LogP contribution in [0.1, 0.15) is 48.9 Å². The van der Waals surface area contributed by atoms with Crippen LogP contribution in [0.3, 0.4) is 0 Å². The number of methoxy groups -OCH3 is 1. The van der Waals surface area contributed by atoms with Crippen molar-refractivity contribution in [1.29, 1.82) is 0 Å². The molecule has 0 radical (unpaired) electrons. The first-order valence-electron chi connectivity index (χ1n) is 11.5. The molecule has 1 heterocycles. The molecule has 2 aliphatic rings. The fraction of sp³-hybridized carbons (Fsp3) is 0.444. The molecule has 0 unspecified atom stereocenters. The first-order chi connectivity index (χ1) is 15.5. The fourth-order valence-corrected chi connectivity index (χ4v) is 4.73. The van der Waals surface area contributed by atoms with Crippen molar-refractivity contribution in [2.24, 2.45) is 5.92 Å². The summed E-state index contributed by atoms with van der Waals surface area (Å²) in [6.45, 7) is 6.87. The van der Waals surface area contributed by atoms with Gasteiger partial charge >= 0.3 is 51.4 Å². The van der Waals surface area contributed by atoms with Gasteiger partial charge in [0.15, 0.2) is 0 Å². The number of carbonyl (C=O) groups excluding carboxylic acids is 1. The first kappa shape index (κ1) is 26.5. The Morgan fingerprint density at radius 2 is 1.94 bits per heavy atom. The molecule has 0 aromatic heterocycles. The minimum atomic E-state index is -0.928. The van der Waals surface area contributed by atoms with Crippen molar-refractivity contribution in [1.82, 2.24) is 4.90 Å². The second-order valence-corrected chi connectivity index (χ2v) is 8.94. The molecule has 0 saturated carbocycles. The van der Waals surface area contributed by atoms with E-state index in [9.17, 15) is 9.90 Å². The van der Waals surface area contributed by atoms with E-state index in [4.69, 9.17) is 9.47 Å². The second-order valence-electron chi connectivity index (χ2n) is 8.94. The van der Waals surface area contributed by atoms with E-state index in [0.717, 1.165) is 49.3 Å². The molecule has 4 rings (SSSR count). The minimum absolute atomic E-state index is 0. The molecule has 170 valence electrons. The van der Waals surface area contributed by atoms with Gasteiger partial charge in [-0.2, -0.15) is 0 Å². The Morgan fingerprint density at radius 3 is 2.64 bits per heavy atom. The topological polar surface area (TPSA) is 61.8 Å². The molecule has 1 aliphatic carbocycles. The van der Waals surface area contributed by atoms with E-state index in [-0.39, 0.29) is 57.3 Å². The smallest absolute Gasteiger partial charge is 0.550 e. The molecule has 2 aromatic carbocycles. The summed E-state index contributed by atoms with van der Waals surface area (Å²) in [4.78, 5) is 13.1. The van der Waals surface area contributed by atoms with Gasteiger partial charge in [-0.15, -0.1) is 0 Å². The number of fused-ring (bicyclic) bond motifs is 1. The summed E-state index contributed by atoms with van der Waals surface area (Å²) in [5.74, 6) is 0.513. The van der Waals surface area contributed by atoms with Gasteiger partial charge in [0.05, 0.1) is 7.11 Å². The molecule has 1 saturated heterocycles. The minimum Gasteiger partial charge on any atom is -0.550 e. The third kappa shape index (κ3) is 6.30. The second kappa shape index (κ2) is 12.0. The Bertz CT molecular complexity index is 1030. The van der Waals surface area contributed by atoms with Crippen LogP contribution in [0.4, 0.5) is 0 Å². The van der Waals surface area contributed by atoms with E-state index < -0.39 is 5.97 Å². The molecule has 1 fully saturated rings. The van der Waals surface area contributed by atoms with E-state index in [2.05, 4.69) is 49.1 Å². The molecule has 33 heavy (non-hydrogen) atoms. The molecular weight excluding hydrogens is 441 g/mol. The third-order valence-electron chi connectivity index (χ3n) is 6.70. The SMILES string of the molecule is CCCc1ccc(COc2ccc3c(c2)CCC(CN2CC(C(=O)[O-])C2)=C3C)c(OC)c1.[K+]. The number of hydrogen-bond acceptors (Lipinski definition) is 5. The maximum atomic E-state index is 10.9. The average Bonchev–Trinajstić information content (AvgIpc) is 2.76. The van der Waals surface area contributed by atoms with E-state index in [1.165, 1.54) is 27.8 Å². The Kier molecular flexibility index (Phi) is 9.62. The predicted octanol–water partition coefficient (Wildman–Crippen LogP) is 0.632. The van der Waals surface area contributed by atoms with E-state index >= 15 is 0 Å². The standard InChI is InChI=1S/C27H33NO4.K/c1-4-5-19-6-7-22(26(12-19)31-3)17-32-24-10-11-25-18(2)21(9-8-20(25)13-24)14-28-15-23(16-28)27(29)30;/h6-7,10-13,23H,4-5,8-9,14-17H2,1-3H3,(H,29,30);/q;+1/p-1.